The molecule has 2 heterocycles. The number of piperazine rings is 1. The van der Waals surface area contributed by atoms with Crippen molar-refractivity contribution in [2.45, 2.75) is 46.1 Å². The van der Waals surface area contributed by atoms with Gasteiger partial charge in [0.25, 0.3) is 0 Å². The Kier molecular flexibility index (Phi) is 7.82. The zero-order valence-electron chi connectivity index (χ0n) is 12.0. The Hall–Kier alpha value is -0.120. The molecule has 2 rings (SSSR count). The van der Waals surface area contributed by atoms with Gasteiger partial charge < -0.3 is 10.6 Å². The molecule has 0 aromatic rings. The number of nitrogens with zero attached hydrogens (tertiary/aromatic N) is 1. The largest absolute Gasteiger partial charge is 0.317 e. The van der Waals surface area contributed by atoms with Gasteiger partial charge in [0, 0.05) is 32.2 Å². The van der Waals surface area contributed by atoms with Crippen molar-refractivity contribution in [3.8, 4) is 0 Å². The molecule has 2 aliphatic heterocycles. The molecule has 2 N–H and O–H groups in total. The maximum atomic E-state index is 3.45. The lowest BCUT2D eigenvalue weighted by Crippen LogP contribution is -2.51. The molecule has 0 bridgehead atoms. The van der Waals surface area contributed by atoms with Crippen molar-refractivity contribution in [2.24, 2.45) is 5.92 Å². The molecular weight excluding hydrogens is 210 g/mol. The highest BCUT2D eigenvalue weighted by atomic mass is 15.2. The molecule has 2 saturated heterocycles. The Morgan fingerprint density at radius 3 is 2.29 bits per heavy atom. The van der Waals surface area contributed by atoms with Crippen LogP contribution in [0, 0.1) is 5.92 Å². The van der Waals surface area contributed by atoms with E-state index in [-0.39, 0.29) is 0 Å². The number of piperidine rings is 1. The molecule has 0 unspecified atom stereocenters. The lowest BCUT2D eigenvalue weighted by Gasteiger charge is -2.37. The third-order valence-corrected chi connectivity index (χ3v) is 3.59. The number of hydrogen-bond donors (Lipinski definition) is 2. The van der Waals surface area contributed by atoms with Gasteiger partial charge in [0.15, 0.2) is 0 Å². The Morgan fingerprint density at radius 2 is 1.71 bits per heavy atom. The first-order valence-electron chi connectivity index (χ1n) is 7.43. The molecule has 3 nitrogen and oxygen atoms in total. The standard InChI is InChI=1S/C11H23N3.C3H8/c1-10-8-13-6-7-14(10)9-11-2-4-12-5-3-11;1-3-2/h10-13H,2-9H2,1H3;3H2,1-2H3/t10-;/m1./s1. The van der Waals surface area contributed by atoms with E-state index in [1.165, 1.54) is 58.5 Å². The average molecular weight is 241 g/mol. The summed E-state index contributed by atoms with van der Waals surface area (Å²) >= 11 is 0. The Balaban J connectivity index is 0.000000437. The minimum Gasteiger partial charge on any atom is -0.317 e. The van der Waals surface area contributed by atoms with Gasteiger partial charge in [-0.1, -0.05) is 20.3 Å². The van der Waals surface area contributed by atoms with Gasteiger partial charge in [0.2, 0.25) is 0 Å². The molecule has 3 heteroatoms. The van der Waals surface area contributed by atoms with Crippen molar-refractivity contribution in [1.29, 1.82) is 0 Å². The summed E-state index contributed by atoms with van der Waals surface area (Å²) in [5.41, 5.74) is 0. The molecule has 17 heavy (non-hydrogen) atoms. The molecular formula is C14H31N3. The third-order valence-electron chi connectivity index (χ3n) is 3.59. The summed E-state index contributed by atoms with van der Waals surface area (Å²) in [4.78, 5) is 2.66. The Bertz CT molecular complexity index is 178. The fourth-order valence-corrected chi connectivity index (χ4v) is 2.55. The zero-order chi connectivity index (χ0) is 12.5. The van der Waals surface area contributed by atoms with Crippen LogP contribution in [-0.4, -0.2) is 50.2 Å². The van der Waals surface area contributed by atoms with E-state index in [9.17, 15) is 0 Å². The van der Waals surface area contributed by atoms with Crippen LogP contribution in [0.15, 0.2) is 0 Å². The van der Waals surface area contributed by atoms with E-state index in [1.807, 2.05) is 0 Å². The van der Waals surface area contributed by atoms with Gasteiger partial charge in [0.1, 0.15) is 0 Å². The summed E-state index contributed by atoms with van der Waals surface area (Å²) in [6.07, 6.45) is 3.99. The molecule has 2 fully saturated rings. The van der Waals surface area contributed by atoms with Gasteiger partial charge in [0.05, 0.1) is 0 Å². The molecule has 0 saturated carbocycles. The SMILES string of the molecule is CCC.C[C@@H]1CNCCN1CC1CCNCC1. The quantitative estimate of drug-likeness (QED) is 0.770. The van der Waals surface area contributed by atoms with E-state index in [4.69, 9.17) is 0 Å². The summed E-state index contributed by atoms with van der Waals surface area (Å²) < 4.78 is 0. The van der Waals surface area contributed by atoms with Gasteiger partial charge in [-0.05, 0) is 38.8 Å². The van der Waals surface area contributed by atoms with E-state index in [1.54, 1.807) is 0 Å². The average Bonchev–Trinajstić information content (AvgIpc) is 2.35. The van der Waals surface area contributed by atoms with Crippen LogP contribution in [0.1, 0.15) is 40.0 Å². The molecule has 102 valence electrons. The topological polar surface area (TPSA) is 27.3 Å². The highest BCUT2D eigenvalue weighted by molar-refractivity contribution is 4.80. The van der Waals surface area contributed by atoms with Crippen molar-refractivity contribution in [2.75, 3.05) is 39.3 Å². The summed E-state index contributed by atoms with van der Waals surface area (Å²) in [7, 11) is 0. The molecule has 0 aromatic carbocycles. The fraction of sp³-hybridized carbons (Fsp3) is 1.00. The minimum atomic E-state index is 0.735. The molecule has 2 aliphatic rings. The van der Waals surface area contributed by atoms with Crippen LogP contribution in [0.5, 0.6) is 0 Å². The highest BCUT2D eigenvalue weighted by Crippen LogP contribution is 2.15. The van der Waals surface area contributed by atoms with E-state index in [2.05, 4.69) is 36.3 Å². The summed E-state index contributed by atoms with van der Waals surface area (Å²) in [6.45, 7) is 14.0. The first kappa shape index (κ1) is 14.9. The maximum Gasteiger partial charge on any atom is 0.0193 e. The van der Waals surface area contributed by atoms with Crippen molar-refractivity contribution >= 4 is 0 Å². The summed E-state index contributed by atoms with van der Waals surface area (Å²) in [5, 5.41) is 6.88. The summed E-state index contributed by atoms with van der Waals surface area (Å²) in [5.74, 6) is 0.941. The van der Waals surface area contributed by atoms with Crippen LogP contribution < -0.4 is 10.6 Å². The molecule has 0 aromatic heterocycles. The van der Waals surface area contributed by atoms with E-state index in [0.717, 1.165) is 12.0 Å². The number of hydrogen-bond acceptors (Lipinski definition) is 3. The second-order valence-corrected chi connectivity index (χ2v) is 5.45. The second-order valence-electron chi connectivity index (χ2n) is 5.45. The van der Waals surface area contributed by atoms with Crippen molar-refractivity contribution < 1.29 is 0 Å². The van der Waals surface area contributed by atoms with Gasteiger partial charge in [-0.2, -0.15) is 0 Å². The van der Waals surface area contributed by atoms with E-state index >= 15 is 0 Å². The van der Waals surface area contributed by atoms with Gasteiger partial charge >= 0.3 is 0 Å². The number of rotatable bonds is 2. The summed E-state index contributed by atoms with van der Waals surface area (Å²) in [6, 6.07) is 0.735. The second kappa shape index (κ2) is 8.90. The smallest absolute Gasteiger partial charge is 0.0193 e. The van der Waals surface area contributed by atoms with Gasteiger partial charge in [-0.25, -0.2) is 0 Å². The van der Waals surface area contributed by atoms with E-state index in [0.29, 0.717) is 0 Å². The van der Waals surface area contributed by atoms with Crippen LogP contribution in [0.4, 0.5) is 0 Å². The van der Waals surface area contributed by atoms with Crippen molar-refractivity contribution in [1.82, 2.24) is 15.5 Å². The third kappa shape index (κ3) is 5.84. The number of nitrogens with one attached hydrogen (secondary N) is 2. The minimum absolute atomic E-state index is 0.735. The lowest BCUT2D eigenvalue weighted by atomic mass is 9.96. The van der Waals surface area contributed by atoms with Crippen molar-refractivity contribution in [3.63, 3.8) is 0 Å². The maximum absolute atomic E-state index is 3.45. The fourth-order valence-electron chi connectivity index (χ4n) is 2.55. The zero-order valence-corrected chi connectivity index (χ0v) is 12.0. The first-order chi connectivity index (χ1) is 8.27. The molecule has 0 aliphatic carbocycles. The highest BCUT2D eigenvalue weighted by Gasteiger charge is 2.22. The van der Waals surface area contributed by atoms with Crippen LogP contribution in [0.2, 0.25) is 0 Å². The van der Waals surface area contributed by atoms with Crippen LogP contribution >= 0.6 is 0 Å². The Morgan fingerprint density at radius 1 is 1.06 bits per heavy atom. The molecule has 0 amide bonds. The van der Waals surface area contributed by atoms with Crippen LogP contribution in [0.3, 0.4) is 0 Å². The monoisotopic (exact) mass is 241 g/mol. The predicted molar refractivity (Wildman–Crippen MR) is 75.5 cm³/mol. The van der Waals surface area contributed by atoms with E-state index < -0.39 is 0 Å². The Labute approximate surface area is 107 Å². The first-order valence-corrected chi connectivity index (χ1v) is 7.43. The predicted octanol–water partition coefficient (Wildman–Crippen LogP) is 1.70. The molecule has 1 atom stereocenters. The van der Waals surface area contributed by atoms with Crippen LogP contribution in [0.25, 0.3) is 0 Å². The molecule has 0 spiro atoms. The molecule has 0 radical (unpaired) electrons. The van der Waals surface area contributed by atoms with Gasteiger partial charge in [-0.15, -0.1) is 0 Å². The van der Waals surface area contributed by atoms with Gasteiger partial charge in [-0.3, -0.25) is 4.90 Å². The lowest BCUT2D eigenvalue weighted by molar-refractivity contribution is 0.136. The van der Waals surface area contributed by atoms with Crippen molar-refractivity contribution in [3.05, 3.63) is 0 Å². The normalized spacial score (nSPS) is 27.4. The van der Waals surface area contributed by atoms with Crippen LogP contribution in [-0.2, 0) is 0 Å².